The molecule has 0 N–H and O–H groups in total. The average molecular weight is 527 g/mol. The van der Waals surface area contributed by atoms with Gasteiger partial charge in [-0.3, -0.25) is 0 Å². The van der Waals surface area contributed by atoms with Gasteiger partial charge in [0.25, 0.3) is 0 Å². The second-order valence-electron chi connectivity index (χ2n) is 12.8. The van der Waals surface area contributed by atoms with E-state index in [9.17, 15) is 0 Å². The van der Waals surface area contributed by atoms with Gasteiger partial charge < -0.3 is 14.0 Å². The van der Waals surface area contributed by atoms with E-state index in [0.717, 1.165) is 30.8 Å². The van der Waals surface area contributed by atoms with Crippen LogP contribution in [0.2, 0.25) is 0 Å². The quantitative estimate of drug-likeness (QED) is 0.0660. The molecule has 0 rings (SSSR count). The summed E-state index contributed by atoms with van der Waals surface area (Å²) in [6.45, 7) is 8.16. The van der Waals surface area contributed by atoms with E-state index in [4.69, 9.17) is 9.47 Å². The van der Waals surface area contributed by atoms with Gasteiger partial charge in [-0.2, -0.15) is 0 Å². The average Bonchev–Trinajstić information content (AvgIpc) is 2.86. The van der Waals surface area contributed by atoms with E-state index in [1.165, 1.54) is 154 Å². The monoisotopic (exact) mass is 527 g/mol. The van der Waals surface area contributed by atoms with E-state index < -0.39 is 0 Å². The van der Waals surface area contributed by atoms with E-state index in [0.29, 0.717) is 0 Å². The summed E-state index contributed by atoms with van der Waals surface area (Å²) in [4.78, 5) is 0. The molecule has 224 valence electrons. The lowest BCUT2D eigenvalue weighted by atomic mass is 10.1. The van der Waals surface area contributed by atoms with Crippen LogP contribution in [0.15, 0.2) is 0 Å². The third-order valence-electron chi connectivity index (χ3n) is 7.55. The lowest BCUT2D eigenvalue weighted by Gasteiger charge is -2.29. The molecule has 0 aliphatic heterocycles. The number of ether oxygens (including phenoxy) is 2. The molecule has 0 aromatic rings. The Morgan fingerprint density at radius 3 is 1.11 bits per heavy atom. The predicted octanol–water partition coefficient (Wildman–Crippen LogP) is 10.5. The fraction of sp³-hybridized carbons (Fsp3) is 1.00. The number of quaternary nitrogens is 1. The Kier molecular flexibility index (Phi) is 28.8. The molecule has 1 atom stereocenters. The van der Waals surface area contributed by atoms with Gasteiger partial charge in [0.2, 0.25) is 0 Å². The molecule has 0 radical (unpaired) electrons. The van der Waals surface area contributed by atoms with E-state index >= 15 is 0 Å². The predicted molar refractivity (Wildman–Crippen MR) is 166 cm³/mol. The second-order valence-corrected chi connectivity index (χ2v) is 12.8. The molecule has 0 bridgehead atoms. The Balaban J connectivity index is 3.61. The van der Waals surface area contributed by atoms with Gasteiger partial charge in [0.15, 0.2) is 0 Å². The molecule has 0 aromatic carbocycles. The van der Waals surface area contributed by atoms with Gasteiger partial charge in [0, 0.05) is 13.2 Å². The standard InChI is InChI=1S/C34H72NO2/c1-6-8-10-12-14-16-18-20-22-24-26-28-30-36-33-34(32-35(3,4)5)37-31-29-27-25-23-21-19-17-15-13-11-9-7-2/h34H,6-33H2,1-5H3/q+1. The maximum atomic E-state index is 6.28. The van der Waals surface area contributed by atoms with Gasteiger partial charge in [0.1, 0.15) is 12.6 Å². The number of unbranched alkanes of at least 4 members (excludes halogenated alkanes) is 22. The highest BCUT2D eigenvalue weighted by molar-refractivity contribution is 4.57. The van der Waals surface area contributed by atoms with Crippen molar-refractivity contribution in [2.24, 2.45) is 0 Å². The first-order chi connectivity index (χ1) is 18.0. The molecule has 37 heavy (non-hydrogen) atoms. The van der Waals surface area contributed by atoms with Crippen LogP contribution in [0, 0.1) is 0 Å². The van der Waals surface area contributed by atoms with Crippen molar-refractivity contribution >= 4 is 0 Å². The molecule has 3 heteroatoms. The Morgan fingerprint density at radius 2 is 0.757 bits per heavy atom. The molecule has 0 aliphatic rings. The van der Waals surface area contributed by atoms with Crippen LogP contribution in [0.5, 0.6) is 0 Å². The van der Waals surface area contributed by atoms with Gasteiger partial charge in [-0.05, 0) is 12.8 Å². The second kappa shape index (κ2) is 28.9. The zero-order chi connectivity index (χ0) is 27.3. The lowest BCUT2D eigenvalue weighted by molar-refractivity contribution is -0.873. The van der Waals surface area contributed by atoms with Crippen LogP contribution in [0.4, 0.5) is 0 Å². The summed E-state index contributed by atoms with van der Waals surface area (Å²) in [5.74, 6) is 0. The third kappa shape index (κ3) is 32.0. The highest BCUT2D eigenvalue weighted by Gasteiger charge is 2.19. The molecular weight excluding hydrogens is 454 g/mol. The first kappa shape index (κ1) is 36.9. The minimum absolute atomic E-state index is 0.227. The van der Waals surface area contributed by atoms with E-state index in [1.54, 1.807) is 0 Å². The lowest BCUT2D eigenvalue weighted by Crippen LogP contribution is -2.44. The fourth-order valence-corrected chi connectivity index (χ4v) is 5.22. The van der Waals surface area contributed by atoms with Crippen molar-refractivity contribution in [1.29, 1.82) is 0 Å². The zero-order valence-electron chi connectivity index (χ0n) is 26.6. The molecule has 0 saturated carbocycles. The van der Waals surface area contributed by atoms with Crippen LogP contribution < -0.4 is 0 Å². The van der Waals surface area contributed by atoms with Crippen molar-refractivity contribution in [2.45, 2.75) is 174 Å². The molecule has 3 nitrogen and oxygen atoms in total. The summed E-state index contributed by atoms with van der Waals surface area (Å²) in [5.41, 5.74) is 0. The van der Waals surface area contributed by atoms with Gasteiger partial charge in [-0.15, -0.1) is 0 Å². The van der Waals surface area contributed by atoms with Crippen molar-refractivity contribution in [3.05, 3.63) is 0 Å². The Bertz CT molecular complexity index is 421. The van der Waals surface area contributed by atoms with Crippen molar-refractivity contribution in [3.8, 4) is 0 Å². The van der Waals surface area contributed by atoms with Crippen molar-refractivity contribution < 1.29 is 14.0 Å². The van der Waals surface area contributed by atoms with E-state index in [-0.39, 0.29) is 6.10 Å². The number of rotatable bonds is 31. The zero-order valence-corrected chi connectivity index (χ0v) is 26.6. The molecule has 0 saturated heterocycles. The fourth-order valence-electron chi connectivity index (χ4n) is 5.22. The van der Waals surface area contributed by atoms with Crippen molar-refractivity contribution in [2.75, 3.05) is 47.5 Å². The first-order valence-corrected chi connectivity index (χ1v) is 17.0. The normalized spacial score (nSPS) is 12.9. The minimum Gasteiger partial charge on any atom is -0.379 e. The summed E-state index contributed by atoms with van der Waals surface area (Å²) in [6, 6.07) is 0. The molecule has 0 amide bonds. The first-order valence-electron chi connectivity index (χ1n) is 17.0. The smallest absolute Gasteiger partial charge is 0.130 e. The molecule has 0 aliphatic carbocycles. The third-order valence-corrected chi connectivity index (χ3v) is 7.55. The number of hydrogen-bond donors (Lipinski definition) is 0. The summed E-state index contributed by atoms with van der Waals surface area (Å²) in [6.07, 6.45) is 33.6. The molecule has 0 spiro atoms. The van der Waals surface area contributed by atoms with Gasteiger partial charge in [-0.25, -0.2) is 0 Å². The van der Waals surface area contributed by atoms with Gasteiger partial charge in [0.05, 0.1) is 27.7 Å². The van der Waals surface area contributed by atoms with Crippen LogP contribution in [0.25, 0.3) is 0 Å². The van der Waals surface area contributed by atoms with E-state index in [1.807, 2.05) is 0 Å². The number of hydrogen-bond acceptors (Lipinski definition) is 2. The minimum atomic E-state index is 0.227. The molecular formula is C34H72NO2+. The molecule has 0 fully saturated rings. The van der Waals surface area contributed by atoms with Crippen LogP contribution in [0.1, 0.15) is 168 Å². The van der Waals surface area contributed by atoms with Crippen LogP contribution in [-0.4, -0.2) is 58.1 Å². The molecule has 1 unspecified atom stereocenters. The SMILES string of the molecule is CCCCCCCCCCCCCCOCC(C[N+](C)(C)C)OCCCCCCCCCCCCCC. The van der Waals surface area contributed by atoms with Crippen molar-refractivity contribution in [3.63, 3.8) is 0 Å². The van der Waals surface area contributed by atoms with Crippen molar-refractivity contribution in [1.82, 2.24) is 0 Å². The highest BCUT2D eigenvalue weighted by Crippen LogP contribution is 2.14. The maximum absolute atomic E-state index is 6.28. The molecule has 0 heterocycles. The van der Waals surface area contributed by atoms with Gasteiger partial charge in [-0.1, -0.05) is 155 Å². The summed E-state index contributed by atoms with van der Waals surface area (Å²) < 4.78 is 13.3. The van der Waals surface area contributed by atoms with Crippen LogP contribution in [-0.2, 0) is 9.47 Å². The summed E-state index contributed by atoms with van der Waals surface area (Å²) in [5, 5.41) is 0. The summed E-state index contributed by atoms with van der Waals surface area (Å²) >= 11 is 0. The van der Waals surface area contributed by atoms with Crippen LogP contribution in [0.3, 0.4) is 0 Å². The Hall–Kier alpha value is -0.120. The number of nitrogens with zero attached hydrogens (tertiary/aromatic N) is 1. The largest absolute Gasteiger partial charge is 0.379 e. The Morgan fingerprint density at radius 1 is 0.432 bits per heavy atom. The maximum Gasteiger partial charge on any atom is 0.130 e. The summed E-state index contributed by atoms with van der Waals surface area (Å²) in [7, 11) is 6.77. The van der Waals surface area contributed by atoms with Crippen LogP contribution >= 0.6 is 0 Å². The van der Waals surface area contributed by atoms with E-state index in [2.05, 4.69) is 35.0 Å². The Labute approximate surface area is 235 Å². The van der Waals surface area contributed by atoms with Gasteiger partial charge >= 0.3 is 0 Å². The topological polar surface area (TPSA) is 18.5 Å². The highest BCUT2D eigenvalue weighted by atomic mass is 16.5. The molecule has 0 aromatic heterocycles. The number of likely N-dealkylation sites (N-methyl/N-ethyl adjacent to an activating group) is 1.